The van der Waals surface area contributed by atoms with E-state index < -0.39 is 28.3 Å². The van der Waals surface area contributed by atoms with Gasteiger partial charge in [-0.3, -0.25) is 30.4 Å². The number of amides is 1. The van der Waals surface area contributed by atoms with E-state index in [4.69, 9.17) is 0 Å². The number of hydrogen-bond acceptors (Lipinski definition) is 5. The van der Waals surface area contributed by atoms with Gasteiger partial charge >= 0.3 is 6.18 Å². The summed E-state index contributed by atoms with van der Waals surface area (Å²) < 4.78 is 40.1. The summed E-state index contributed by atoms with van der Waals surface area (Å²) in [6, 6.07) is 11.5. The summed E-state index contributed by atoms with van der Waals surface area (Å²) in [5.41, 5.74) is 4.26. The van der Waals surface area contributed by atoms with Gasteiger partial charge in [-0.05, 0) is 24.1 Å². The van der Waals surface area contributed by atoms with Crippen LogP contribution in [0.15, 0.2) is 54.7 Å². The number of rotatable bonds is 7. The van der Waals surface area contributed by atoms with E-state index in [-0.39, 0.29) is 11.3 Å². The van der Waals surface area contributed by atoms with E-state index in [1.165, 1.54) is 6.20 Å². The van der Waals surface area contributed by atoms with Crippen molar-refractivity contribution in [2.75, 3.05) is 5.43 Å². The summed E-state index contributed by atoms with van der Waals surface area (Å²) in [6.45, 7) is 2.30. The molecule has 3 aromatic rings. The monoisotopic (exact) mass is 433 g/mol. The van der Waals surface area contributed by atoms with Gasteiger partial charge in [0.2, 0.25) is 0 Å². The van der Waals surface area contributed by atoms with Crippen LogP contribution in [0.2, 0.25) is 0 Å². The lowest BCUT2D eigenvalue weighted by Gasteiger charge is -2.12. The molecule has 2 aromatic carbocycles. The first-order valence-electron chi connectivity index (χ1n) is 9.21. The van der Waals surface area contributed by atoms with Crippen molar-refractivity contribution >= 4 is 17.3 Å². The number of halogens is 3. The Morgan fingerprint density at radius 3 is 2.52 bits per heavy atom. The van der Waals surface area contributed by atoms with E-state index in [2.05, 4.69) is 16.0 Å². The smallest absolute Gasteiger partial charge is 0.292 e. The molecule has 3 rings (SSSR count). The van der Waals surface area contributed by atoms with Gasteiger partial charge < -0.3 is 0 Å². The highest BCUT2D eigenvalue weighted by atomic mass is 19.4. The molecule has 31 heavy (non-hydrogen) atoms. The Kier molecular flexibility index (Phi) is 6.23. The van der Waals surface area contributed by atoms with Crippen LogP contribution in [-0.4, -0.2) is 20.6 Å². The van der Waals surface area contributed by atoms with Crippen LogP contribution in [0.4, 0.5) is 24.5 Å². The van der Waals surface area contributed by atoms with Crippen LogP contribution < -0.4 is 10.9 Å². The summed E-state index contributed by atoms with van der Waals surface area (Å²) in [4.78, 5) is 22.8. The molecule has 0 aliphatic heterocycles. The Balaban J connectivity index is 1.78. The highest BCUT2D eigenvalue weighted by Gasteiger charge is 2.33. The third-order valence-electron chi connectivity index (χ3n) is 4.54. The largest absolute Gasteiger partial charge is 0.416 e. The van der Waals surface area contributed by atoms with Gasteiger partial charge in [0.25, 0.3) is 11.6 Å². The maximum absolute atomic E-state index is 12.8. The normalized spacial score (nSPS) is 11.2. The number of nitro benzene ring substituents is 1. The van der Waals surface area contributed by atoms with Crippen LogP contribution in [0, 0.1) is 10.1 Å². The maximum atomic E-state index is 12.8. The second-order valence-corrected chi connectivity index (χ2v) is 6.57. The van der Waals surface area contributed by atoms with Crippen LogP contribution in [0.1, 0.15) is 34.1 Å². The van der Waals surface area contributed by atoms with E-state index in [0.29, 0.717) is 30.8 Å². The zero-order valence-electron chi connectivity index (χ0n) is 16.3. The summed E-state index contributed by atoms with van der Waals surface area (Å²) >= 11 is 0. The predicted molar refractivity (Wildman–Crippen MR) is 106 cm³/mol. The molecule has 0 aliphatic carbocycles. The molecule has 8 nitrogen and oxygen atoms in total. The van der Waals surface area contributed by atoms with Gasteiger partial charge in [-0.15, -0.1) is 0 Å². The molecular weight excluding hydrogens is 415 g/mol. The summed E-state index contributed by atoms with van der Waals surface area (Å²) in [5, 5.41) is 15.4. The first kappa shape index (κ1) is 21.8. The Bertz CT molecular complexity index is 1100. The molecule has 0 fully saturated rings. The molecule has 0 radical (unpaired) electrons. The van der Waals surface area contributed by atoms with Crippen molar-refractivity contribution in [1.29, 1.82) is 0 Å². The van der Waals surface area contributed by atoms with E-state index in [1.54, 1.807) is 4.68 Å². The topological polar surface area (TPSA) is 102 Å². The second kappa shape index (κ2) is 8.86. The number of alkyl halides is 3. The Labute approximate surface area is 174 Å². The number of hydrogen-bond donors (Lipinski definition) is 2. The van der Waals surface area contributed by atoms with Crippen LogP contribution >= 0.6 is 0 Å². The predicted octanol–water partition coefficient (Wildman–Crippen LogP) is 4.18. The average molecular weight is 433 g/mol. The number of carbonyl (C=O) groups is 1. The second-order valence-electron chi connectivity index (χ2n) is 6.57. The Morgan fingerprint density at radius 2 is 1.90 bits per heavy atom. The molecule has 0 saturated carbocycles. The number of carbonyl (C=O) groups excluding carboxylic acids is 1. The Hall–Kier alpha value is -3.89. The Morgan fingerprint density at radius 1 is 1.19 bits per heavy atom. The summed E-state index contributed by atoms with van der Waals surface area (Å²) in [5.74, 6) is -0.620. The van der Waals surface area contributed by atoms with Crippen LogP contribution in [0.5, 0.6) is 0 Å². The van der Waals surface area contributed by atoms with Gasteiger partial charge in [-0.2, -0.15) is 18.3 Å². The molecule has 1 aromatic heterocycles. The van der Waals surface area contributed by atoms with Gasteiger partial charge in [0.1, 0.15) is 5.69 Å². The van der Waals surface area contributed by atoms with Crippen molar-refractivity contribution in [2.45, 2.75) is 26.1 Å². The fourth-order valence-corrected chi connectivity index (χ4v) is 3.02. The number of hydrazine groups is 1. The number of aromatic nitrogens is 2. The molecule has 0 spiro atoms. The quantitative estimate of drug-likeness (QED) is 0.430. The number of anilines is 1. The van der Waals surface area contributed by atoms with Crippen molar-refractivity contribution in [3.05, 3.63) is 87.2 Å². The van der Waals surface area contributed by atoms with Gasteiger partial charge in [0, 0.05) is 6.07 Å². The molecule has 11 heteroatoms. The highest BCUT2D eigenvalue weighted by molar-refractivity contribution is 5.96. The fourth-order valence-electron chi connectivity index (χ4n) is 3.02. The average Bonchev–Trinajstić information content (AvgIpc) is 3.14. The molecule has 0 aliphatic rings. The zero-order valence-corrected chi connectivity index (χ0v) is 16.3. The molecule has 1 heterocycles. The lowest BCUT2D eigenvalue weighted by atomic mass is 10.1. The first-order valence-corrected chi connectivity index (χ1v) is 9.21. The number of benzene rings is 2. The van der Waals surface area contributed by atoms with Crippen molar-refractivity contribution in [3.8, 4) is 0 Å². The molecule has 0 atom stereocenters. The van der Waals surface area contributed by atoms with E-state index >= 15 is 0 Å². The van der Waals surface area contributed by atoms with Crippen molar-refractivity contribution < 1.29 is 22.9 Å². The SMILES string of the molecule is CCc1c(C(=O)NNc2ccc(C(F)(F)F)cc2[N+](=O)[O-])cnn1Cc1ccccc1. The van der Waals surface area contributed by atoms with Crippen molar-refractivity contribution in [1.82, 2.24) is 15.2 Å². The lowest BCUT2D eigenvalue weighted by Crippen LogP contribution is -2.30. The van der Waals surface area contributed by atoms with Crippen molar-refractivity contribution in [3.63, 3.8) is 0 Å². The number of nitro groups is 1. The third kappa shape index (κ3) is 5.00. The van der Waals surface area contributed by atoms with Gasteiger partial charge in [-0.25, -0.2) is 0 Å². The highest BCUT2D eigenvalue weighted by Crippen LogP contribution is 2.34. The minimum atomic E-state index is -4.73. The van der Waals surface area contributed by atoms with Crippen LogP contribution in [0.3, 0.4) is 0 Å². The molecule has 0 unspecified atom stereocenters. The lowest BCUT2D eigenvalue weighted by molar-refractivity contribution is -0.384. The first-order chi connectivity index (χ1) is 14.7. The third-order valence-corrected chi connectivity index (χ3v) is 4.54. The minimum absolute atomic E-state index is 0.250. The van der Waals surface area contributed by atoms with E-state index in [9.17, 15) is 28.1 Å². The molecular formula is C20H18F3N5O3. The number of nitrogens with zero attached hydrogens (tertiary/aromatic N) is 3. The minimum Gasteiger partial charge on any atom is -0.292 e. The van der Waals surface area contributed by atoms with E-state index in [0.717, 1.165) is 11.6 Å². The summed E-state index contributed by atoms with van der Waals surface area (Å²) in [6.07, 6.45) is -2.86. The summed E-state index contributed by atoms with van der Waals surface area (Å²) in [7, 11) is 0. The number of nitrogens with one attached hydrogen (secondary N) is 2. The zero-order chi connectivity index (χ0) is 22.6. The van der Waals surface area contributed by atoms with Gasteiger partial charge in [0.15, 0.2) is 0 Å². The van der Waals surface area contributed by atoms with Crippen LogP contribution in [0.25, 0.3) is 0 Å². The molecule has 162 valence electrons. The van der Waals surface area contributed by atoms with Crippen LogP contribution in [-0.2, 0) is 19.1 Å². The van der Waals surface area contributed by atoms with Gasteiger partial charge in [0.05, 0.1) is 34.5 Å². The van der Waals surface area contributed by atoms with Crippen molar-refractivity contribution in [2.24, 2.45) is 0 Å². The van der Waals surface area contributed by atoms with E-state index in [1.807, 2.05) is 37.3 Å². The fraction of sp³-hybridized carbons (Fsp3) is 0.200. The molecule has 0 saturated heterocycles. The maximum Gasteiger partial charge on any atom is 0.416 e. The molecule has 0 bridgehead atoms. The standard InChI is InChI=1S/C20H18F3N5O3/c1-2-17-15(11-24-27(17)12-13-6-4-3-5-7-13)19(29)26-25-16-9-8-14(20(21,22)23)10-18(16)28(30)31/h3-11,25H,2,12H2,1H3,(H,26,29). The van der Waals surface area contributed by atoms with Gasteiger partial charge in [-0.1, -0.05) is 37.3 Å². The molecule has 1 amide bonds. The molecule has 2 N–H and O–H groups in total.